The molecular formula is C22H27FN6O2S. The monoisotopic (exact) mass is 458 g/mol. The number of H-pyrrole nitrogens is 1. The molecule has 1 aliphatic carbocycles. The number of nitrogens with zero attached hydrogens (tertiary/aromatic N) is 3. The number of aromatic amines is 1. The minimum Gasteiger partial charge on any atom is -0.336 e. The molecule has 2 aromatic heterocycles. The molecule has 1 saturated carbocycles. The van der Waals surface area contributed by atoms with Crippen molar-refractivity contribution in [3.05, 3.63) is 53.5 Å². The molecule has 1 aromatic carbocycles. The van der Waals surface area contributed by atoms with E-state index in [0.29, 0.717) is 17.8 Å². The molecule has 0 bridgehead atoms. The van der Waals surface area contributed by atoms with Gasteiger partial charge >= 0.3 is 0 Å². The number of hydrogen-bond donors (Lipinski definition) is 3. The molecule has 3 aromatic rings. The van der Waals surface area contributed by atoms with E-state index in [1.165, 1.54) is 12.1 Å². The summed E-state index contributed by atoms with van der Waals surface area (Å²) in [4.78, 5) is 4.57. The van der Waals surface area contributed by atoms with Crippen LogP contribution in [0, 0.1) is 5.82 Å². The van der Waals surface area contributed by atoms with Crippen molar-refractivity contribution in [1.82, 2.24) is 24.5 Å². The van der Waals surface area contributed by atoms with Gasteiger partial charge in [-0.05, 0) is 31.4 Å². The molecular weight excluding hydrogens is 431 g/mol. The van der Waals surface area contributed by atoms with E-state index in [9.17, 15) is 12.8 Å². The van der Waals surface area contributed by atoms with Crippen LogP contribution in [-0.2, 0) is 22.0 Å². The first-order valence-corrected chi connectivity index (χ1v) is 12.3. The largest absolute Gasteiger partial charge is 0.336 e. The molecule has 10 heteroatoms. The number of nitrogens with one attached hydrogen (secondary N) is 3. The molecule has 0 spiro atoms. The third-order valence-electron chi connectivity index (χ3n) is 6.43. The zero-order chi connectivity index (χ0) is 22.7. The minimum absolute atomic E-state index is 0.00520. The third kappa shape index (κ3) is 3.71. The average molecular weight is 459 g/mol. The summed E-state index contributed by atoms with van der Waals surface area (Å²) >= 11 is 0. The molecule has 5 rings (SSSR count). The van der Waals surface area contributed by atoms with E-state index in [4.69, 9.17) is 0 Å². The molecule has 0 saturated heterocycles. The Balaban J connectivity index is 1.29. The Morgan fingerprint density at radius 2 is 2.06 bits per heavy atom. The number of fused-ring (bicyclic) bond motifs is 1. The van der Waals surface area contributed by atoms with Crippen LogP contribution in [-0.4, -0.2) is 28.2 Å². The van der Waals surface area contributed by atoms with Crippen molar-refractivity contribution < 1.29 is 12.8 Å². The van der Waals surface area contributed by atoms with E-state index in [0.717, 1.165) is 30.7 Å². The van der Waals surface area contributed by atoms with E-state index in [-0.39, 0.29) is 28.1 Å². The maximum atomic E-state index is 14.8. The van der Waals surface area contributed by atoms with Gasteiger partial charge < -0.3 is 9.88 Å². The van der Waals surface area contributed by atoms with Gasteiger partial charge in [0.1, 0.15) is 0 Å². The summed E-state index contributed by atoms with van der Waals surface area (Å²) in [6, 6.07) is 5.16. The van der Waals surface area contributed by atoms with E-state index in [1.807, 2.05) is 12.4 Å². The summed E-state index contributed by atoms with van der Waals surface area (Å²) in [7, 11) is -3.61. The van der Waals surface area contributed by atoms with Gasteiger partial charge in [-0.3, -0.25) is 5.10 Å². The number of imidazole rings is 1. The second-order valence-corrected chi connectivity index (χ2v) is 11.4. The highest BCUT2D eigenvalue weighted by Gasteiger charge is 2.31. The zero-order valence-electron chi connectivity index (χ0n) is 18.3. The number of anilines is 2. The van der Waals surface area contributed by atoms with Crippen LogP contribution < -0.4 is 10.0 Å². The lowest BCUT2D eigenvalue weighted by atomic mass is 9.93. The van der Waals surface area contributed by atoms with E-state index in [2.05, 4.69) is 56.8 Å². The van der Waals surface area contributed by atoms with Crippen molar-refractivity contribution >= 4 is 21.5 Å². The molecule has 1 aliphatic heterocycles. The van der Waals surface area contributed by atoms with Crippen LogP contribution >= 0.6 is 0 Å². The summed E-state index contributed by atoms with van der Waals surface area (Å²) in [6.07, 6.45) is 7.16. The average Bonchev–Trinajstić information content (AvgIpc) is 3.49. The van der Waals surface area contributed by atoms with Crippen molar-refractivity contribution in [3.63, 3.8) is 0 Å². The molecule has 0 unspecified atom stereocenters. The van der Waals surface area contributed by atoms with Gasteiger partial charge in [-0.1, -0.05) is 20.8 Å². The predicted octanol–water partition coefficient (Wildman–Crippen LogP) is 4.09. The maximum absolute atomic E-state index is 14.8. The van der Waals surface area contributed by atoms with Crippen LogP contribution in [0.15, 0.2) is 35.6 Å². The number of sulfonamides is 1. The molecule has 1 fully saturated rings. The van der Waals surface area contributed by atoms with Gasteiger partial charge in [-0.25, -0.2) is 22.5 Å². The third-order valence-corrected chi connectivity index (χ3v) is 7.91. The SMILES string of the molecule is CC(C)(C)c1cn([C@@H]2CC[C@H](c3cc(Nc4ccc5c(c4F)CNS5(=O)=O)n[nH]3)C2)cn1. The molecule has 3 N–H and O–H groups in total. The fraction of sp³-hybridized carbons (Fsp3) is 0.455. The number of halogens is 1. The lowest BCUT2D eigenvalue weighted by molar-refractivity contribution is 0.505. The fourth-order valence-electron chi connectivity index (χ4n) is 4.54. The summed E-state index contributed by atoms with van der Waals surface area (Å²) in [5.41, 5.74) is 2.49. The second kappa shape index (κ2) is 7.41. The lowest BCUT2D eigenvalue weighted by Crippen LogP contribution is -2.13. The Bertz CT molecular complexity index is 1270. The van der Waals surface area contributed by atoms with Crippen molar-refractivity contribution in [2.75, 3.05) is 5.32 Å². The van der Waals surface area contributed by atoms with Gasteiger partial charge in [-0.2, -0.15) is 5.10 Å². The smallest absolute Gasteiger partial charge is 0.241 e. The fourth-order valence-corrected chi connectivity index (χ4v) is 5.77. The van der Waals surface area contributed by atoms with Gasteiger partial charge in [0.05, 0.1) is 22.6 Å². The second-order valence-electron chi connectivity index (χ2n) is 9.68. The van der Waals surface area contributed by atoms with Crippen LogP contribution in [0.4, 0.5) is 15.9 Å². The highest BCUT2D eigenvalue weighted by Crippen LogP contribution is 2.41. The summed E-state index contributed by atoms with van der Waals surface area (Å²) in [5.74, 6) is 0.271. The van der Waals surface area contributed by atoms with E-state index >= 15 is 0 Å². The summed E-state index contributed by atoms with van der Waals surface area (Å²) in [6.45, 7) is 6.44. The molecule has 3 heterocycles. The van der Waals surface area contributed by atoms with Crippen molar-refractivity contribution in [2.45, 2.75) is 68.8 Å². The topological polar surface area (TPSA) is 105 Å². The Labute approximate surface area is 186 Å². The van der Waals surface area contributed by atoms with Crippen LogP contribution in [0.25, 0.3) is 0 Å². The lowest BCUT2D eigenvalue weighted by Gasteiger charge is -2.15. The van der Waals surface area contributed by atoms with Gasteiger partial charge in [0.15, 0.2) is 11.6 Å². The number of benzene rings is 1. The molecule has 2 aliphatic rings. The van der Waals surface area contributed by atoms with Crippen LogP contribution in [0.2, 0.25) is 0 Å². The Morgan fingerprint density at radius 3 is 2.81 bits per heavy atom. The number of aromatic nitrogens is 4. The Morgan fingerprint density at radius 1 is 1.25 bits per heavy atom. The van der Waals surface area contributed by atoms with Gasteiger partial charge in [0.2, 0.25) is 10.0 Å². The first kappa shape index (κ1) is 21.1. The standard InChI is InChI=1S/C22H27FN6O2S/c1-22(2,3)19-11-29(12-24-19)14-5-4-13(8-14)17-9-20(28-27-17)26-16-6-7-18-15(21(16)23)10-25-32(18,30)31/h6-7,9,11-14,25H,4-5,8,10H2,1-3H3,(H2,26,27,28)/t13-,14+/m0/s1. The molecule has 170 valence electrons. The Kier molecular flexibility index (Phi) is 4.90. The molecule has 8 nitrogen and oxygen atoms in total. The molecule has 2 atom stereocenters. The van der Waals surface area contributed by atoms with Crippen molar-refractivity contribution in [3.8, 4) is 0 Å². The van der Waals surface area contributed by atoms with Crippen LogP contribution in [0.1, 0.15) is 68.9 Å². The van der Waals surface area contributed by atoms with Gasteiger partial charge in [0, 0.05) is 47.4 Å². The number of rotatable bonds is 4. The highest BCUT2D eigenvalue weighted by molar-refractivity contribution is 7.89. The predicted molar refractivity (Wildman–Crippen MR) is 119 cm³/mol. The maximum Gasteiger partial charge on any atom is 0.241 e. The van der Waals surface area contributed by atoms with Crippen LogP contribution in [0.5, 0.6) is 0 Å². The molecule has 32 heavy (non-hydrogen) atoms. The van der Waals surface area contributed by atoms with E-state index < -0.39 is 15.8 Å². The first-order chi connectivity index (χ1) is 15.1. The summed E-state index contributed by atoms with van der Waals surface area (Å²) < 4.78 is 43.1. The Hall–Kier alpha value is -2.72. The normalized spacial score (nSPS) is 22.2. The zero-order valence-corrected chi connectivity index (χ0v) is 19.1. The number of hydrogen-bond acceptors (Lipinski definition) is 5. The molecule has 0 radical (unpaired) electrons. The highest BCUT2D eigenvalue weighted by atomic mass is 32.2. The van der Waals surface area contributed by atoms with Crippen molar-refractivity contribution in [2.24, 2.45) is 0 Å². The quantitative estimate of drug-likeness (QED) is 0.546. The van der Waals surface area contributed by atoms with E-state index in [1.54, 1.807) is 0 Å². The minimum atomic E-state index is -3.61. The summed E-state index contributed by atoms with van der Waals surface area (Å²) in [5, 5.41) is 10.4. The van der Waals surface area contributed by atoms with Gasteiger partial charge in [-0.15, -0.1) is 0 Å². The molecule has 0 amide bonds. The first-order valence-electron chi connectivity index (χ1n) is 10.8. The van der Waals surface area contributed by atoms with Crippen LogP contribution in [0.3, 0.4) is 0 Å². The van der Waals surface area contributed by atoms with Crippen molar-refractivity contribution in [1.29, 1.82) is 0 Å². The van der Waals surface area contributed by atoms with Gasteiger partial charge in [0.25, 0.3) is 0 Å².